The average Bonchev–Trinajstić information content (AvgIpc) is 3.04. The first-order valence-electron chi connectivity index (χ1n) is 17.6. The molecule has 49 heavy (non-hydrogen) atoms. The fourth-order valence-corrected chi connectivity index (χ4v) is 10.8. The lowest BCUT2D eigenvalue weighted by Crippen LogP contribution is -2.68. The molecule has 11 heteroatoms. The first-order valence-corrected chi connectivity index (χ1v) is 19.5. The number of nitrogens with one attached hydrogen (secondary N) is 1. The van der Waals surface area contributed by atoms with Gasteiger partial charge in [-0.25, -0.2) is 4.79 Å². The number of alkyl carbamates (subject to hydrolysis) is 1. The molecule has 4 N–H and O–H groups in total. The molecule has 1 aliphatic heterocycles. The number of hydrogen-bond donors (Lipinski definition) is 4. The van der Waals surface area contributed by atoms with Crippen LogP contribution in [-0.2, 0) is 23.4 Å². The van der Waals surface area contributed by atoms with Crippen LogP contribution in [0.5, 0.6) is 0 Å². The smallest absolute Gasteiger partial charge is 0.407 e. The highest BCUT2D eigenvalue weighted by Crippen LogP contribution is 2.37. The molecule has 1 heterocycles. The van der Waals surface area contributed by atoms with Crippen LogP contribution in [-0.4, -0.2) is 91.6 Å². The second-order valence-corrected chi connectivity index (χ2v) is 19.5. The van der Waals surface area contributed by atoms with Gasteiger partial charge in [-0.3, -0.25) is 4.79 Å². The van der Waals surface area contributed by atoms with Gasteiger partial charge in [0.05, 0.1) is 25.4 Å². The van der Waals surface area contributed by atoms with Crippen molar-refractivity contribution in [1.29, 1.82) is 0 Å². The van der Waals surface area contributed by atoms with Gasteiger partial charge in [-0.05, 0) is 55.4 Å². The lowest BCUT2D eigenvalue weighted by Gasteiger charge is -2.46. The van der Waals surface area contributed by atoms with Crippen molar-refractivity contribution in [3.63, 3.8) is 0 Å². The Kier molecular flexibility index (Phi) is 15.4. The Morgan fingerprint density at radius 2 is 1.47 bits per heavy atom. The van der Waals surface area contributed by atoms with E-state index in [1.54, 1.807) is 6.92 Å². The third kappa shape index (κ3) is 12.0. The minimum Gasteiger partial charge on any atom is -0.444 e. The topological polar surface area (TPSA) is 144 Å². The number of benzene rings is 2. The van der Waals surface area contributed by atoms with E-state index in [2.05, 4.69) is 50.4 Å². The van der Waals surface area contributed by atoms with Crippen LogP contribution in [0.4, 0.5) is 4.79 Å². The van der Waals surface area contributed by atoms with Crippen molar-refractivity contribution in [3.8, 4) is 0 Å². The summed E-state index contributed by atoms with van der Waals surface area (Å²) in [6.45, 7) is 14.1. The van der Waals surface area contributed by atoms with Crippen molar-refractivity contribution in [1.82, 2.24) is 5.32 Å². The maximum absolute atomic E-state index is 12.4. The van der Waals surface area contributed by atoms with Crippen LogP contribution < -0.4 is 15.7 Å². The Bertz CT molecular complexity index is 1240. The van der Waals surface area contributed by atoms with Gasteiger partial charge in [0.2, 0.25) is 0 Å². The summed E-state index contributed by atoms with van der Waals surface area (Å²) in [6.07, 6.45) is -2.30. The zero-order chi connectivity index (χ0) is 36.2. The number of rotatable bonds is 17. The molecule has 2 aromatic carbocycles. The zero-order valence-electron chi connectivity index (χ0n) is 30.4. The molecule has 0 saturated carbocycles. The fourth-order valence-electron chi connectivity index (χ4n) is 6.24. The van der Waals surface area contributed by atoms with E-state index in [1.807, 2.05) is 57.2 Å². The summed E-state index contributed by atoms with van der Waals surface area (Å²) in [5.74, 6) is -0.502. The summed E-state index contributed by atoms with van der Waals surface area (Å²) in [4.78, 5) is 24.1. The summed E-state index contributed by atoms with van der Waals surface area (Å²) in [5.41, 5.74) is -0.540. The van der Waals surface area contributed by atoms with E-state index in [-0.39, 0.29) is 36.9 Å². The van der Waals surface area contributed by atoms with Gasteiger partial charge < -0.3 is 39.3 Å². The van der Waals surface area contributed by atoms with Gasteiger partial charge in [-0.2, -0.15) is 0 Å². The van der Waals surface area contributed by atoms with Crippen LogP contribution in [0.1, 0.15) is 87.0 Å². The monoisotopic (exact) mass is 701 g/mol. The highest BCUT2D eigenvalue weighted by molar-refractivity contribution is 6.99. The summed E-state index contributed by atoms with van der Waals surface area (Å²) < 4.78 is 24.3. The third-order valence-corrected chi connectivity index (χ3v) is 13.9. The van der Waals surface area contributed by atoms with Crippen molar-refractivity contribution >= 4 is 30.6 Å². The lowest BCUT2D eigenvalue weighted by molar-refractivity contribution is -0.285. The standard InChI is InChI=1S/C38H59NO9Si/c1-27-33(42)34(43)32(26-46-49(38(5,6)7,30-18-12-8-13-19-30)31-20-14-9-15-21-31)47-35(27)45-25-29(41)23-22-28(40)17-11-10-16-24-39-36(44)48-37(2,3)4/h8-9,12-15,18-21,27,29,32-35,41-43H,10-11,16-17,22-26H2,1-7H3,(H,39,44). The van der Waals surface area contributed by atoms with E-state index >= 15 is 0 Å². The maximum Gasteiger partial charge on any atom is 0.407 e. The molecule has 10 nitrogen and oxygen atoms in total. The Morgan fingerprint density at radius 1 is 0.878 bits per heavy atom. The average molecular weight is 702 g/mol. The third-order valence-electron chi connectivity index (χ3n) is 8.90. The number of ether oxygens (including phenoxy) is 3. The van der Waals surface area contributed by atoms with Gasteiger partial charge >= 0.3 is 6.09 Å². The second kappa shape index (κ2) is 18.6. The Balaban J connectivity index is 1.51. The van der Waals surface area contributed by atoms with Gasteiger partial charge in [0.15, 0.2) is 6.29 Å². The Hall–Kier alpha value is -2.64. The molecule has 2 aromatic rings. The van der Waals surface area contributed by atoms with E-state index in [4.69, 9.17) is 18.6 Å². The summed E-state index contributed by atoms with van der Waals surface area (Å²) >= 11 is 0. The fraction of sp³-hybridized carbons (Fsp3) is 0.632. The van der Waals surface area contributed by atoms with Crippen molar-refractivity contribution < 1.29 is 43.5 Å². The normalized spacial score (nSPS) is 22.4. The highest BCUT2D eigenvalue weighted by atomic mass is 28.4. The van der Waals surface area contributed by atoms with Crippen LogP contribution in [0.15, 0.2) is 60.7 Å². The molecule has 1 aliphatic rings. The number of Topliss-reactive ketones (excluding diaryl/α,β-unsaturated/α-hetero) is 1. The van der Waals surface area contributed by atoms with Crippen LogP contribution in [0.25, 0.3) is 0 Å². The van der Waals surface area contributed by atoms with Gasteiger partial charge in [-0.15, -0.1) is 0 Å². The van der Waals surface area contributed by atoms with E-state index in [0.717, 1.165) is 23.2 Å². The molecule has 0 bridgehead atoms. The summed E-state index contributed by atoms with van der Waals surface area (Å²) in [5, 5.41) is 37.3. The van der Waals surface area contributed by atoms with E-state index in [1.165, 1.54) is 0 Å². The Labute approximate surface area is 293 Å². The predicted molar refractivity (Wildman–Crippen MR) is 192 cm³/mol. The number of aliphatic hydroxyl groups is 3. The van der Waals surface area contributed by atoms with Crippen LogP contribution >= 0.6 is 0 Å². The van der Waals surface area contributed by atoms with E-state index in [0.29, 0.717) is 19.4 Å². The first kappa shape index (κ1) is 40.8. The van der Waals surface area contributed by atoms with Gasteiger partial charge in [-0.1, -0.05) is 94.8 Å². The molecule has 274 valence electrons. The number of ketones is 1. The number of carbonyl (C=O) groups excluding carboxylic acids is 2. The first-order chi connectivity index (χ1) is 23.0. The second-order valence-electron chi connectivity index (χ2n) is 15.2. The summed E-state index contributed by atoms with van der Waals surface area (Å²) in [6, 6.07) is 20.3. The van der Waals surface area contributed by atoms with Gasteiger partial charge in [0, 0.05) is 25.3 Å². The number of amides is 1. The summed E-state index contributed by atoms with van der Waals surface area (Å²) in [7, 11) is -2.92. The molecule has 0 aromatic heterocycles. The molecular formula is C38H59NO9Si. The van der Waals surface area contributed by atoms with Crippen molar-refractivity contribution in [2.45, 2.75) is 128 Å². The maximum atomic E-state index is 12.4. The van der Waals surface area contributed by atoms with Gasteiger partial charge in [0.1, 0.15) is 23.6 Å². The minimum atomic E-state index is -2.92. The molecule has 1 amide bonds. The molecule has 0 aliphatic carbocycles. The zero-order valence-corrected chi connectivity index (χ0v) is 31.4. The molecule has 0 radical (unpaired) electrons. The number of carbonyl (C=O) groups is 2. The molecular weight excluding hydrogens is 643 g/mol. The van der Waals surface area contributed by atoms with Crippen molar-refractivity contribution in [3.05, 3.63) is 60.7 Å². The molecule has 6 atom stereocenters. The lowest BCUT2D eigenvalue weighted by atomic mass is 9.92. The minimum absolute atomic E-state index is 0.0339. The van der Waals surface area contributed by atoms with E-state index in [9.17, 15) is 24.9 Å². The van der Waals surface area contributed by atoms with Crippen LogP contribution in [0.2, 0.25) is 5.04 Å². The number of hydrogen-bond acceptors (Lipinski definition) is 9. The van der Waals surface area contributed by atoms with Crippen LogP contribution in [0, 0.1) is 5.92 Å². The molecule has 1 saturated heterocycles. The van der Waals surface area contributed by atoms with Crippen molar-refractivity contribution in [2.24, 2.45) is 5.92 Å². The largest absolute Gasteiger partial charge is 0.444 e. The van der Waals surface area contributed by atoms with Crippen molar-refractivity contribution in [2.75, 3.05) is 19.8 Å². The SMILES string of the molecule is CC1C(OCC(O)CCC(=O)CCCCCNC(=O)OC(C)(C)C)OC(CO[Si](c2ccccc2)(c2ccccc2)C(C)(C)C)C(O)C1O. The highest BCUT2D eigenvalue weighted by Gasteiger charge is 2.52. The molecule has 6 unspecified atom stereocenters. The quantitative estimate of drug-likeness (QED) is 0.139. The van der Waals surface area contributed by atoms with E-state index < -0.39 is 56.6 Å². The Morgan fingerprint density at radius 3 is 2.02 bits per heavy atom. The van der Waals surface area contributed by atoms with Gasteiger partial charge in [0.25, 0.3) is 8.32 Å². The molecule has 0 spiro atoms. The molecule has 3 rings (SSSR count). The number of aliphatic hydroxyl groups excluding tert-OH is 3. The van der Waals surface area contributed by atoms with Crippen LogP contribution in [0.3, 0.4) is 0 Å². The molecule has 1 fully saturated rings. The number of unbranched alkanes of at least 4 members (excludes halogenated alkanes) is 2. The predicted octanol–water partition coefficient (Wildman–Crippen LogP) is 4.46.